The van der Waals surface area contributed by atoms with E-state index in [0.717, 1.165) is 23.5 Å². The summed E-state index contributed by atoms with van der Waals surface area (Å²) in [6.07, 6.45) is 0.781. The molecule has 1 aliphatic rings. The maximum Gasteiger partial charge on any atom is 0.339 e. The second-order valence-corrected chi connectivity index (χ2v) is 12.9. The smallest absolute Gasteiger partial charge is 0.339 e. The highest BCUT2D eigenvalue weighted by Gasteiger charge is 2.37. The van der Waals surface area contributed by atoms with E-state index in [1.165, 1.54) is 49.5 Å². The molecule has 0 bridgehead atoms. The van der Waals surface area contributed by atoms with Gasteiger partial charge in [-0.15, -0.1) is 0 Å². The van der Waals surface area contributed by atoms with Crippen molar-refractivity contribution in [2.45, 2.75) is 36.0 Å². The molecule has 3 aromatic carbocycles. The largest absolute Gasteiger partial charge is 0.478 e. The van der Waals surface area contributed by atoms with Crippen molar-refractivity contribution in [2.24, 2.45) is 0 Å². The second-order valence-electron chi connectivity index (χ2n) is 9.68. The molecule has 1 aromatic heterocycles. The van der Waals surface area contributed by atoms with E-state index in [4.69, 9.17) is 9.47 Å². The van der Waals surface area contributed by atoms with Crippen LogP contribution in [0.25, 0.3) is 0 Å². The van der Waals surface area contributed by atoms with Crippen LogP contribution in [0.4, 0.5) is 13.9 Å². The molecule has 11 nitrogen and oxygen atoms in total. The van der Waals surface area contributed by atoms with Gasteiger partial charge in [-0.3, -0.25) is 10.1 Å². The quantitative estimate of drug-likeness (QED) is 0.186. The van der Waals surface area contributed by atoms with E-state index >= 15 is 0 Å². The molecule has 15 heteroatoms. The summed E-state index contributed by atoms with van der Waals surface area (Å²) in [6, 6.07) is 10.3. The Hall–Kier alpha value is -4.89. The Labute approximate surface area is 252 Å². The standard InChI is InChI=1S/C29H22F2N2O9S2/c1-14-19(27(35)36)9-11-22(24(14)28(37)38)41-23-13-32-29(43-23)33-26(34)25(42-21-10-4-16(30)12-20(21)31)15-2-5-17(6-3-15)44(39,40)18-7-8-18/h2-6,9-13,18,25H,7-8H2,1H3,(H,35,36)(H,37,38)(H,32,33,34). The van der Waals surface area contributed by atoms with E-state index in [0.29, 0.717) is 18.9 Å². The van der Waals surface area contributed by atoms with E-state index in [9.17, 15) is 41.8 Å². The van der Waals surface area contributed by atoms with E-state index in [1.54, 1.807) is 0 Å². The number of ether oxygens (including phenoxy) is 2. The zero-order chi connectivity index (χ0) is 31.8. The van der Waals surface area contributed by atoms with Gasteiger partial charge >= 0.3 is 11.9 Å². The lowest BCUT2D eigenvalue weighted by molar-refractivity contribution is -0.123. The van der Waals surface area contributed by atoms with Gasteiger partial charge in [0, 0.05) is 11.6 Å². The number of benzene rings is 3. The predicted molar refractivity (Wildman–Crippen MR) is 152 cm³/mol. The minimum Gasteiger partial charge on any atom is -0.478 e. The molecule has 0 spiro atoms. The van der Waals surface area contributed by atoms with Gasteiger partial charge in [-0.2, -0.15) is 0 Å². The Kier molecular flexibility index (Phi) is 8.34. The molecule has 1 fully saturated rings. The molecule has 44 heavy (non-hydrogen) atoms. The molecule has 1 heterocycles. The average molecular weight is 645 g/mol. The van der Waals surface area contributed by atoms with Crippen LogP contribution < -0.4 is 14.8 Å². The number of rotatable bonds is 11. The third-order valence-electron chi connectivity index (χ3n) is 6.65. The second kappa shape index (κ2) is 12.0. The summed E-state index contributed by atoms with van der Waals surface area (Å²) in [4.78, 5) is 40.7. The van der Waals surface area contributed by atoms with E-state index in [2.05, 4.69) is 10.3 Å². The molecule has 4 aromatic rings. The van der Waals surface area contributed by atoms with Crippen molar-refractivity contribution in [1.82, 2.24) is 4.98 Å². The lowest BCUT2D eigenvalue weighted by atomic mass is 10.0. The summed E-state index contributed by atoms with van der Waals surface area (Å²) in [7, 11) is -3.52. The lowest BCUT2D eigenvalue weighted by Crippen LogP contribution is -2.26. The molecule has 3 N–H and O–H groups in total. The number of amides is 1. The Morgan fingerprint density at radius 1 is 1.00 bits per heavy atom. The van der Waals surface area contributed by atoms with Crippen LogP contribution in [0, 0.1) is 18.6 Å². The topological polar surface area (TPSA) is 169 Å². The first-order valence-corrected chi connectivity index (χ1v) is 15.2. The first kappa shape index (κ1) is 30.6. The number of thiazole rings is 1. The summed E-state index contributed by atoms with van der Waals surface area (Å²) in [5.74, 6) is -6.10. The minimum atomic E-state index is -3.52. The van der Waals surface area contributed by atoms with Crippen LogP contribution >= 0.6 is 11.3 Å². The Bertz CT molecular complexity index is 1890. The zero-order valence-corrected chi connectivity index (χ0v) is 24.2. The van der Waals surface area contributed by atoms with E-state index in [-0.39, 0.29) is 43.1 Å². The van der Waals surface area contributed by atoms with Crippen LogP contribution in [0.3, 0.4) is 0 Å². The molecule has 1 unspecified atom stereocenters. The van der Waals surface area contributed by atoms with Crippen LogP contribution in [0.1, 0.15) is 50.8 Å². The highest BCUT2D eigenvalue weighted by Crippen LogP contribution is 2.36. The maximum atomic E-state index is 14.5. The SMILES string of the molecule is Cc1c(C(=O)O)ccc(Oc2cnc(NC(=O)C(Oc3ccc(F)cc3F)c3ccc(S(=O)(=O)C4CC4)cc3)s2)c1C(=O)O. The summed E-state index contributed by atoms with van der Waals surface area (Å²) in [5.41, 5.74) is -0.446. The van der Waals surface area contributed by atoms with Gasteiger partial charge in [-0.1, -0.05) is 23.5 Å². The van der Waals surface area contributed by atoms with Crippen molar-refractivity contribution in [2.75, 3.05) is 5.32 Å². The molecule has 228 valence electrons. The number of anilines is 1. The summed E-state index contributed by atoms with van der Waals surface area (Å²) < 4.78 is 64.4. The van der Waals surface area contributed by atoms with Gasteiger partial charge < -0.3 is 19.7 Å². The van der Waals surface area contributed by atoms with Gasteiger partial charge in [-0.05, 0) is 61.7 Å². The van der Waals surface area contributed by atoms with Gasteiger partial charge in [-0.25, -0.2) is 31.8 Å². The fourth-order valence-electron chi connectivity index (χ4n) is 4.29. The number of carboxylic acids is 2. The molecule has 1 aliphatic carbocycles. The van der Waals surface area contributed by atoms with Crippen molar-refractivity contribution in [3.8, 4) is 16.6 Å². The van der Waals surface area contributed by atoms with E-state index in [1.807, 2.05) is 0 Å². The number of hydrogen-bond acceptors (Lipinski definition) is 9. The Morgan fingerprint density at radius 2 is 1.68 bits per heavy atom. The summed E-state index contributed by atoms with van der Waals surface area (Å²) in [6.45, 7) is 1.33. The minimum absolute atomic E-state index is 0.0236. The fourth-order valence-corrected chi connectivity index (χ4v) is 6.63. The van der Waals surface area contributed by atoms with Gasteiger partial charge in [0.15, 0.2) is 26.5 Å². The average Bonchev–Trinajstić information content (AvgIpc) is 3.74. The molecule has 0 saturated heterocycles. The monoisotopic (exact) mass is 644 g/mol. The van der Waals surface area contributed by atoms with Crippen molar-refractivity contribution < 1.29 is 51.3 Å². The number of aromatic carboxylic acids is 2. The third-order valence-corrected chi connectivity index (χ3v) is 9.72. The molecule has 1 saturated carbocycles. The maximum absolute atomic E-state index is 14.5. The number of hydrogen-bond donors (Lipinski definition) is 3. The molecule has 0 radical (unpaired) electrons. The van der Waals surface area contributed by atoms with Gasteiger partial charge in [0.05, 0.1) is 21.9 Å². The number of carbonyl (C=O) groups excluding carboxylic acids is 1. The molecule has 1 amide bonds. The predicted octanol–water partition coefficient (Wildman–Crippen LogP) is 5.61. The summed E-state index contributed by atoms with van der Waals surface area (Å²) >= 11 is 0.800. The fraction of sp³-hybridized carbons (Fsp3) is 0.172. The van der Waals surface area contributed by atoms with Gasteiger partial charge in [0.2, 0.25) is 11.2 Å². The molecular weight excluding hydrogens is 622 g/mol. The number of sulfone groups is 1. The lowest BCUT2D eigenvalue weighted by Gasteiger charge is -2.19. The van der Waals surface area contributed by atoms with Crippen LogP contribution in [-0.4, -0.2) is 46.7 Å². The van der Waals surface area contributed by atoms with Gasteiger partial charge in [0.1, 0.15) is 17.1 Å². The number of halogens is 2. The first-order chi connectivity index (χ1) is 20.8. The highest BCUT2D eigenvalue weighted by atomic mass is 32.2. The Morgan fingerprint density at radius 3 is 2.30 bits per heavy atom. The third kappa shape index (κ3) is 6.38. The molecular formula is C29H22F2N2O9S2. The van der Waals surface area contributed by atoms with Crippen LogP contribution in [0.15, 0.2) is 65.7 Å². The summed E-state index contributed by atoms with van der Waals surface area (Å²) in [5, 5.41) is 21.0. The molecule has 1 atom stereocenters. The number of nitrogens with zero attached hydrogens (tertiary/aromatic N) is 1. The van der Waals surface area contributed by atoms with Crippen LogP contribution in [0.2, 0.25) is 0 Å². The number of carboxylic acid groups (broad SMARTS) is 2. The van der Waals surface area contributed by atoms with Crippen LogP contribution in [-0.2, 0) is 14.6 Å². The zero-order valence-electron chi connectivity index (χ0n) is 22.6. The van der Waals surface area contributed by atoms with Crippen molar-refractivity contribution in [3.05, 3.63) is 94.7 Å². The highest BCUT2D eigenvalue weighted by molar-refractivity contribution is 7.92. The Balaban J connectivity index is 1.40. The van der Waals surface area contributed by atoms with Crippen molar-refractivity contribution in [1.29, 1.82) is 0 Å². The number of nitrogens with one attached hydrogen (secondary N) is 1. The van der Waals surface area contributed by atoms with Crippen molar-refractivity contribution >= 4 is 44.2 Å². The first-order valence-electron chi connectivity index (χ1n) is 12.9. The number of carbonyl (C=O) groups is 3. The van der Waals surface area contributed by atoms with Gasteiger partial charge in [0.25, 0.3) is 5.91 Å². The molecule has 5 rings (SSSR count). The molecule has 0 aliphatic heterocycles. The normalized spacial score (nSPS) is 13.6. The van der Waals surface area contributed by atoms with E-state index < -0.39 is 56.4 Å². The van der Waals surface area contributed by atoms with Crippen molar-refractivity contribution in [3.63, 3.8) is 0 Å². The van der Waals surface area contributed by atoms with Crippen LogP contribution in [0.5, 0.6) is 16.6 Å². The number of aromatic nitrogens is 1.